The second kappa shape index (κ2) is 12.9. The van der Waals surface area contributed by atoms with Crippen LogP contribution >= 0.6 is 11.3 Å². The third-order valence-electron chi connectivity index (χ3n) is 9.22. The Morgan fingerprint density at radius 1 is 0.392 bits per heavy atom. The molecule has 0 aliphatic rings. The first-order valence-corrected chi connectivity index (χ1v) is 17.6. The SMILES string of the molecule is N#Cc1ccc(-c2ccc(-c3c(-c4ccc(-c5nc(-c6ccccc6)nc(-c6ccccc6)n5)cc4)ccc4c3sc3ccccc34)cc2)cc1. The number of nitriles is 1. The van der Waals surface area contributed by atoms with Gasteiger partial charge in [0.25, 0.3) is 0 Å². The van der Waals surface area contributed by atoms with Gasteiger partial charge in [0.05, 0.1) is 11.6 Å². The number of hydrogen-bond donors (Lipinski definition) is 0. The number of benzene rings is 7. The molecule has 0 N–H and O–H groups in total. The summed E-state index contributed by atoms with van der Waals surface area (Å²) < 4.78 is 2.54. The fourth-order valence-electron chi connectivity index (χ4n) is 6.62. The number of nitrogens with zero attached hydrogens (tertiary/aromatic N) is 4. The van der Waals surface area contributed by atoms with Crippen LogP contribution in [0.15, 0.2) is 170 Å². The van der Waals surface area contributed by atoms with Crippen LogP contribution in [0, 0.1) is 11.3 Å². The van der Waals surface area contributed by atoms with E-state index in [1.54, 1.807) is 0 Å². The second-order valence-electron chi connectivity index (χ2n) is 12.3. The van der Waals surface area contributed by atoms with E-state index in [1.165, 1.54) is 25.7 Å². The summed E-state index contributed by atoms with van der Waals surface area (Å²) in [5.41, 5.74) is 10.3. The van der Waals surface area contributed by atoms with Crippen molar-refractivity contribution in [2.75, 3.05) is 0 Å². The van der Waals surface area contributed by atoms with Crippen LogP contribution in [0.1, 0.15) is 5.56 Å². The molecule has 9 rings (SSSR count). The van der Waals surface area contributed by atoms with Crippen molar-refractivity contribution in [3.63, 3.8) is 0 Å². The molecule has 9 aromatic rings. The van der Waals surface area contributed by atoms with Gasteiger partial charge in [-0.15, -0.1) is 11.3 Å². The molecular weight excluding hydrogens is 641 g/mol. The van der Waals surface area contributed by atoms with Crippen molar-refractivity contribution in [3.05, 3.63) is 175 Å². The lowest BCUT2D eigenvalue weighted by molar-refractivity contribution is 1.07. The summed E-state index contributed by atoms with van der Waals surface area (Å²) in [6.07, 6.45) is 0. The van der Waals surface area contributed by atoms with Crippen molar-refractivity contribution < 1.29 is 0 Å². The predicted molar refractivity (Wildman–Crippen MR) is 210 cm³/mol. The van der Waals surface area contributed by atoms with Gasteiger partial charge in [0.2, 0.25) is 0 Å². The Kier molecular flexibility index (Phi) is 7.70. The molecule has 0 aliphatic heterocycles. The summed E-state index contributed by atoms with van der Waals surface area (Å²) in [4.78, 5) is 14.7. The van der Waals surface area contributed by atoms with Crippen molar-refractivity contribution >= 4 is 31.5 Å². The minimum atomic E-state index is 0.632. The summed E-state index contributed by atoms with van der Waals surface area (Å²) in [5, 5.41) is 11.8. The number of thiophene rings is 1. The molecule has 0 saturated carbocycles. The van der Waals surface area contributed by atoms with Gasteiger partial charge in [-0.05, 0) is 46.0 Å². The lowest BCUT2D eigenvalue weighted by atomic mass is 9.91. The predicted octanol–water partition coefficient (Wildman–Crippen LogP) is 12.1. The largest absolute Gasteiger partial charge is 0.208 e. The lowest BCUT2D eigenvalue weighted by Gasteiger charge is -2.14. The molecule has 0 saturated heterocycles. The van der Waals surface area contributed by atoms with Crippen molar-refractivity contribution in [3.8, 4) is 73.6 Å². The number of hydrogen-bond acceptors (Lipinski definition) is 5. The zero-order valence-corrected chi connectivity index (χ0v) is 28.2. The van der Waals surface area contributed by atoms with E-state index in [2.05, 4.69) is 91.0 Å². The van der Waals surface area contributed by atoms with Gasteiger partial charge in [0.15, 0.2) is 17.5 Å². The first-order valence-electron chi connectivity index (χ1n) is 16.7. The Balaban J connectivity index is 1.15. The van der Waals surface area contributed by atoms with Crippen LogP contribution in [0.4, 0.5) is 0 Å². The number of aromatic nitrogens is 3. The van der Waals surface area contributed by atoms with E-state index >= 15 is 0 Å². The fourth-order valence-corrected chi connectivity index (χ4v) is 7.89. The molecule has 0 amide bonds. The van der Waals surface area contributed by atoms with E-state index in [-0.39, 0.29) is 0 Å². The van der Waals surface area contributed by atoms with Gasteiger partial charge in [-0.1, -0.05) is 152 Å². The zero-order valence-electron chi connectivity index (χ0n) is 27.4. The van der Waals surface area contributed by atoms with Gasteiger partial charge in [0.1, 0.15) is 0 Å². The van der Waals surface area contributed by atoms with E-state index in [9.17, 15) is 5.26 Å². The smallest absolute Gasteiger partial charge is 0.164 e. The standard InChI is InChI=1S/C46H28N4S/c47-29-30-15-17-31(18-16-30)32-19-23-34(24-20-32)42-38(27-28-40-39-13-7-8-14-41(39)51-43(40)42)33-21-25-37(26-22-33)46-49-44(35-9-3-1-4-10-35)48-45(50-46)36-11-5-2-6-12-36/h1-28H. The minimum Gasteiger partial charge on any atom is -0.208 e. The normalized spacial score (nSPS) is 11.1. The Bertz CT molecular complexity index is 2650. The van der Waals surface area contributed by atoms with Crippen LogP contribution in [-0.4, -0.2) is 15.0 Å². The molecule has 5 heteroatoms. The van der Waals surface area contributed by atoms with Crippen molar-refractivity contribution in [1.29, 1.82) is 5.26 Å². The Hall–Kier alpha value is -6.74. The van der Waals surface area contributed by atoms with E-state index in [1.807, 2.05) is 96.3 Å². The van der Waals surface area contributed by atoms with Gasteiger partial charge < -0.3 is 0 Å². The van der Waals surface area contributed by atoms with Crippen LogP contribution < -0.4 is 0 Å². The molecule has 0 fully saturated rings. The molecular formula is C46H28N4S. The third-order valence-corrected chi connectivity index (χ3v) is 10.4. The van der Waals surface area contributed by atoms with E-state index in [0.717, 1.165) is 44.5 Å². The van der Waals surface area contributed by atoms with Crippen LogP contribution in [0.2, 0.25) is 0 Å². The molecule has 2 heterocycles. The highest BCUT2D eigenvalue weighted by Gasteiger charge is 2.17. The second-order valence-corrected chi connectivity index (χ2v) is 13.4. The van der Waals surface area contributed by atoms with E-state index in [0.29, 0.717) is 23.0 Å². The summed E-state index contributed by atoms with van der Waals surface area (Å²) in [6, 6.07) is 60.5. The highest BCUT2D eigenvalue weighted by atomic mass is 32.1. The average Bonchev–Trinajstić information content (AvgIpc) is 3.60. The molecule has 0 radical (unpaired) electrons. The maximum absolute atomic E-state index is 9.24. The molecule has 4 nitrogen and oxygen atoms in total. The molecule has 2 aromatic heterocycles. The molecule has 238 valence electrons. The lowest BCUT2D eigenvalue weighted by Crippen LogP contribution is -2.00. The van der Waals surface area contributed by atoms with Gasteiger partial charge in [0, 0.05) is 42.4 Å². The van der Waals surface area contributed by atoms with Gasteiger partial charge in [-0.2, -0.15) is 5.26 Å². The quantitative estimate of drug-likeness (QED) is 0.177. The first-order chi connectivity index (χ1) is 25.2. The Morgan fingerprint density at radius 3 is 1.45 bits per heavy atom. The summed E-state index contributed by atoms with van der Waals surface area (Å²) >= 11 is 1.84. The monoisotopic (exact) mass is 668 g/mol. The maximum atomic E-state index is 9.24. The highest BCUT2D eigenvalue weighted by molar-refractivity contribution is 7.26. The molecule has 0 spiro atoms. The molecule has 0 bridgehead atoms. The van der Waals surface area contributed by atoms with Crippen LogP contribution in [-0.2, 0) is 0 Å². The molecule has 7 aromatic carbocycles. The maximum Gasteiger partial charge on any atom is 0.164 e. The number of rotatable bonds is 6. The zero-order chi connectivity index (χ0) is 34.1. The van der Waals surface area contributed by atoms with E-state index in [4.69, 9.17) is 15.0 Å². The van der Waals surface area contributed by atoms with Gasteiger partial charge in [-0.25, -0.2) is 15.0 Å². The van der Waals surface area contributed by atoms with E-state index < -0.39 is 0 Å². The summed E-state index contributed by atoms with van der Waals surface area (Å²) in [5.74, 6) is 1.92. The Morgan fingerprint density at radius 2 is 0.863 bits per heavy atom. The van der Waals surface area contributed by atoms with Crippen LogP contribution in [0.3, 0.4) is 0 Å². The van der Waals surface area contributed by atoms with Crippen LogP contribution in [0.5, 0.6) is 0 Å². The van der Waals surface area contributed by atoms with Crippen molar-refractivity contribution in [1.82, 2.24) is 15.0 Å². The first kappa shape index (κ1) is 30.3. The fraction of sp³-hybridized carbons (Fsp3) is 0. The minimum absolute atomic E-state index is 0.632. The van der Waals surface area contributed by atoms with Crippen molar-refractivity contribution in [2.24, 2.45) is 0 Å². The Labute approximate surface area is 299 Å². The van der Waals surface area contributed by atoms with Gasteiger partial charge in [-0.3, -0.25) is 0 Å². The number of fused-ring (bicyclic) bond motifs is 3. The van der Waals surface area contributed by atoms with Crippen LogP contribution in [0.25, 0.3) is 87.7 Å². The highest BCUT2D eigenvalue weighted by Crippen LogP contribution is 2.45. The molecule has 0 aliphatic carbocycles. The topological polar surface area (TPSA) is 62.5 Å². The third kappa shape index (κ3) is 5.74. The summed E-state index contributed by atoms with van der Waals surface area (Å²) in [7, 11) is 0. The molecule has 0 unspecified atom stereocenters. The van der Waals surface area contributed by atoms with Crippen molar-refractivity contribution in [2.45, 2.75) is 0 Å². The molecule has 0 atom stereocenters. The summed E-state index contributed by atoms with van der Waals surface area (Å²) in [6.45, 7) is 0. The molecule has 51 heavy (non-hydrogen) atoms. The van der Waals surface area contributed by atoms with Gasteiger partial charge >= 0.3 is 0 Å². The average molecular weight is 669 g/mol.